The molecule has 96 valence electrons. The summed E-state index contributed by atoms with van der Waals surface area (Å²) in [4.78, 5) is 27.3. The number of anilines is 1. The Morgan fingerprint density at radius 1 is 1.17 bits per heavy atom. The lowest BCUT2D eigenvalue weighted by Gasteiger charge is -2.35. The van der Waals surface area contributed by atoms with Crippen molar-refractivity contribution >= 4 is 17.6 Å². The van der Waals surface area contributed by atoms with Gasteiger partial charge in [0.1, 0.15) is 0 Å². The maximum absolute atomic E-state index is 12.3. The van der Waals surface area contributed by atoms with Crippen LogP contribution in [0.15, 0.2) is 30.3 Å². The Bertz CT molecular complexity index is 442. The number of amides is 3. The number of carbonyl (C=O) groups excluding carboxylic acids is 2. The van der Waals surface area contributed by atoms with Crippen LogP contribution in [0.3, 0.4) is 0 Å². The van der Waals surface area contributed by atoms with E-state index in [2.05, 4.69) is 13.8 Å². The van der Waals surface area contributed by atoms with Gasteiger partial charge in [0.2, 0.25) is 5.91 Å². The predicted octanol–water partition coefficient (Wildman–Crippen LogP) is 2.50. The number of nitrogens with zero attached hydrogens (tertiary/aromatic N) is 2. The van der Waals surface area contributed by atoms with Gasteiger partial charge in [0.25, 0.3) is 0 Å². The van der Waals surface area contributed by atoms with E-state index in [1.54, 1.807) is 17.0 Å². The smallest absolute Gasteiger partial charge is 0.323 e. The minimum atomic E-state index is -0.203. The second-order valence-electron chi connectivity index (χ2n) is 4.94. The van der Waals surface area contributed by atoms with Crippen LogP contribution in [0.4, 0.5) is 10.5 Å². The second kappa shape index (κ2) is 5.21. The molecule has 4 heteroatoms. The predicted molar refractivity (Wildman–Crippen MR) is 70.4 cm³/mol. The molecule has 0 saturated carbocycles. The SMILES string of the molecule is CC(C)CN1CCC(=O)N(c2ccccc2)C1=O. The van der Waals surface area contributed by atoms with Gasteiger partial charge in [-0.15, -0.1) is 0 Å². The molecule has 1 heterocycles. The third-order valence-corrected chi connectivity index (χ3v) is 2.91. The fourth-order valence-electron chi connectivity index (χ4n) is 2.13. The lowest BCUT2D eigenvalue weighted by atomic mass is 10.1. The van der Waals surface area contributed by atoms with E-state index >= 15 is 0 Å². The number of para-hydroxylation sites is 1. The van der Waals surface area contributed by atoms with Gasteiger partial charge >= 0.3 is 6.03 Å². The van der Waals surface area contributed by atoms with Crippen LogP contribution in [0.2, 0.25) is 0 Å². The van der Waals surface area contributed by atoms with E-state index in [1.165, 1.54) is 4.90 Å². The minimum Gasteiger partial charge on any atom is -0.323 e. The summed E-state index contributed by atoms with van der Waals surface area (Å²) in [5.74, 6) is 0.283. The summed E-state index contributed by atoms with van der Waals surface area (Å²) in [5, 5.41) is 0. The highest BCUT2D eigenvalue weighted by molar-refractivity contribution is 6.15. The van der Waals surface area contributed by atoms with Crippen LogP contribution in [-0.2, 0) is 4.79 Å². The zero-order valence-corrected chi connectivity index (χ0v) is 10.8. The molecule has 0 N–H and O–H groups in total. The molecule has 0 unspecified atom stereocenters. The summed E-state index contributed by atoms with van der Waals surface area (Å²) in [6.07, 6.45) is 0.396. The molecule has 1 saturated heterocycles. The highest BCUT2D eigenvalue weighted by atomic mass is 16.2. The summed E-state index contributed by atoms with van der Waals surface area (Å²) in [6, 6.07) is 8.90. The number of urea groups is 1. The monoisotopic (exact) mass is 246 g/mol. The molecule has 1 aliphatic rings. The fraction of sp³-hybridized carbons (Fsp3) is 0.429. The van der Waals surface area contributed by atoms with Crippen LogP contribution in [0.5, 0.6) is 0 Å². The number of carbonyl (C=O) groups is 2. The van der Waals surface area contributed by atoms with Crippen molar-refractivity contribution in [1.29, 1.82) is 0 Å². The molecule has 4 nitrogen and oxygen atoms in total. The van der Waals surface area contributed by atoms with Gasteiger partial charge in [-0.25, -0.2) is 9.69 Å². The quantitative estimate of drug-likeness (QED) is 0.822. The lowest BCUT2D eigenvalue weighted by Crippen LogP contribution is -2.53. The molecule has 2 rings (SSSR count). The number of imide groups is 1. The van der Waals surface area contributed by atoms with Crippen LogP contribution >= 0.6 is 0 Å². The normalized spacial score (nSPS) is 16.6. The number of rotatable bonds is 3. The van der Waals surface area contributed by atoms with Crippen LogP contribution in [0.1, 0.15) is 20.3 Å². The van der Waals surface area contributed by atoms with E-state index in [4.69, 9.17) is 0 Å². The van der Waals surface area contributed by atoms with Crippen LogP contribution in [0.25, 0.3) is 0 Å². The zero-order chi connectivity index (χ0) is 13.1. The molecular formula is C14H18N2O2. The lowest BCUT2D eigenvalue weighted by molar-refractivity contribution is -0.119. The minimum absolute atomic E-state index is 0.119. The van der Waals surface area contributed by atoms with Crippen molar-refractivity contribution in [3.63, 3.8) is 0 Å². The Hall–Kier alpha value is -1.84. The van der Waals surface area contributed by atoms with E-state index in [0.717, 1.165) is 0 Å². The van der Waals surface area contributed by atoms with Crippen molar-refractivity contribution in [2.24, 2.45) is 5.92 Å². The van der Waals surface area contributed by atoms with Gasteiger partial charge in [0, 0.05) is 19.5 Å². The van der Waals surface area contributed by atoms with Crippen LogP contribution in [-0.4, -0.2) is 29.9 Å². The molecule has 0 atom stereocenters. The molecule has 18 heavy (non-hydrogen) atoms. The molecule has 1 aliphatic heterocycles. The first-order valence-corrected chi connectivity index (χ1v) is 6.26. The Labute approximate surface area is 107 Å². The summed E-state index contributed by atoms with van der Waals surface area (Å²) >= 11 is 0. The molecule has 0 bridgehead atoms. The molecule has 0 aromatic heterocycles. The van der Waals surface area contributed by atoms with E-state index in [0.29, 0.717) is 31.1 Å². The Morgan fingerprint density at radius 3 is 2.44 bits per heavy atom. The number of benzene rings is 1. The van der Waals surface area contributed by atoms with E-state index in [-0.39, 0.29) is 11.9 Å². The van der Waals surface area contributed by atoms with Gasteiger partial charge in [-0.05, 0) is 18.1 Å². The first-order chi connectivity index (χ1) is 8.59. The number of hydrogen-bond donors (Lipinski definition) is 0. The summed E-state index contributed by atoms with van der Waals surface area (Å²) in [6.45, 7) is 5.35. The van der Waals surface area contributed by atoms with Crippen LogP contribution in [0, 0.1) is 5.92 Å². The van der Waals surface area contributed by atoms with Crippen molar-refractivity contribution in [2.45, 2.75) is 20.3 Å². The van der Waals surface area contributed by atoms with Gasteiger partial charge in [-0.2, -0.15) is 0 Å². The summed E-state index contributed by atoms with van der Waals surface area (Å²) in [7, 11) is 0. The molecule has 0 spiro atoms. The first kappa shape index (κ1) is 12.6. The average Bonchev–Trinajstić information content (AvgIpc) is 2.34. The molecule has 0 aliphatic carbocycles. The molecule has 1 aromatic carbocycles. The Kier molecular flexibility index (Phi) is 3.65. The van der Waals surface area contributed by atoms with E-state index in [9.17, 15) is 9.59 Å². The molecule has 1 aromatic rings. The average molecular weight is 246 g/mol. The maximum atomic E-state index is 12.3. The molecule has 3 amide bonds. The van der Waals surface area contributed by atoms with Gasteiger partial charge in [-0.3, -0.25) is 4.79 Å². The number of hydrogen-bond acceptors (Lipinski definition) is 2. The van der Waals surface area contributed by atoms with Crippen molar-refractivity contribution in [3.05, 3.63) is 30.3 Å². The molecule has 0 radical (unpaired) electrons. The largest absolute Gasteiger partial charge is 0.331 e. The topological polar surface area (TPSA) is 40.6 Å². The van der Waals surface area contributed by atoms with Gasteiger partial charge in [-0.1, -0.05) is 32.0 Å². The third-order valence-electron chi connectivity index (χ3n) is 2.91. The van der Waals surface area contributed by atoms with Crippen molar-refractivity contribution in [3.8, 4) is 0 Å². The summed E-state index contributed by atoms with van der Waals surface area (Å²) < 4.78 is 0. The Balaban J connectivity index is 2.22. The fourth-order valence-corrected chi connectivity index (χ4v) is 2.13. The van der Waals surface area contributed by atoms with E-state index in [1.807, 2.05) is 18.2 Å². The van der Waals surface area contributed by atoms with E-state index < -0.39 is 0 Å². The van der Waals surface area contributed by atoms with Gasteiger partial charge in [0.05, 0.1) is 5.69 Å². The van der Waals surface area contributed by atoms with Gasteiger partial charge < -0.3 is 4.90 Å². The second-order valence-corrected chi connectivity index (χ2v) is 4.94. The third kappa shape index (κ3) is 2.53. The highest BCUT2D eigenvalue weighted by Crippen LogP contribution is 2.21. The summed E-state index contributed by atoms with van der Waals surface area (Å²) in [5.41, 5.74) is 0.654. The zero-order valence-electron chi connectivity index (χ0n) is 10.8. The van der Waals surface area contributed by atoms with Crippen molar-refractivity contribution in [2.75, 3.05) is 18.0 Å². The van der Waals surface area contributed by atoms with Crippen molar-refractivity contribution in [1.82, 2.24) is 4.90 Å². The van der Waals surface area contributed by atoms with Crippen molar-refractivity contribution < 1.29 is 9.59 Å². The van der Waals surface area contributed by atoms with Crippen LogP contribution < -0.4 is 4.90 Å². The standard InChI is InChI=1S/C14H18N2O2/c1-11(2)10-15-9-8-13(17)16(14(15)18)12-6-4-3-5-7-12/h3-7,11H,8-10H2,1-2H3. The van der Waals surface area contributed by atoms with Gasteiger partial charge in [0.15, 0.2) is 0 Å². The molecule has 1 fully saturated rings. The maximum Gasteiger partial charge on any atom is 0.331 e. The first-order valence-electron chi connectivity index (χ1n) is 6.26. The molecular weight excluding hydrogens is 228 g/mol. The highest BCUT2D eigenvalue weighted by Gasteiger charge is 2.32. The Morgan fingerprint density at radius 2 is 1.83 bits per heavy atom.